The van der Waals surface area contributed by atoms with Crippen molar-refractivity contribution in [2.24, 2.45) is 11.8 Å². The van der Waals surface area contributed by atoms with E-state index in [1.54, 1.807) is 41.2 Å². The van der Waals surface area contributed by atoms with Crippen molar-refractivity contribution < 1.29 is 22.8 Å². The summed E-state index contributed by atoms with van der Waals surface area (Å²) in [6, 6.07) is 11.9. The van der Waals surface area contributed by atoms with Gasteiger partial charge in [0.2, 0.25) is 0 Å². The number of benzene rings is 2. The molecule has 0 unspecified atom stereocenters. The fourth-order valence-corrected chi connectivity index (χ4v) is 5.42. The van der Waals surface area contributed by atoms with Gasteiger partial charge >= 0.3 is 6.18 Å². The van der Waals surface area contributed by atoms with E-state index in [0.717, 1.165) is 38.1 Å². The largest absolute Gasteiger partial charge is 0.416 e. The van der Waals surface area contributed by atoms with Gasteiger partial charge in [0, 0.05) is 37.1 Å². The van der Waals surface area contributed by atoms with Gasteiger partial charge in [0.05, 0.1) is 11.1 Å². The number of piperidine rings is 1. The summed E-state index contributed by atoms with van der Waals surface area (Å²) < 4.78 is 39.0. The van der Waals surface area contributed by atoms with E-state index in [9.17, 15) is 22.8 Å². The number of carbonyl (C=O) groups excluding carboxylic acids is 2. The molecule has 2 fully saturated rings. The summed E-state index contributed by atoms with van der Waals surface area (Å²) in [5.74, 6) is 0.875. The van der Waals surface area contributed by atoms with E-state index in [1.165, 1.54) is 17.4 Å². The first-order chi connectivity index (χ1) is 16.8. The highest BCUT2D eigenvalue weighted by Gasteiger charge is 2.38. The Morgan fingerprint density at radius 2 is 1.60 bits per heavy atom. The van der Waals surface area contributed by atoms with Crippen molar-refractivity contribution in [3.05, 3.63) is 76.2 Å². The van der Waals surface area contributed by atoms with E-state index >= 15 is 0 Å². The Bertz CT molecular complexity index is 1200. The van der Waals surface area contributed by atoms with E-state index in [-0.39, 0.29) is 11.8 Å². The normalized spacial score (nSPS) is 17.3. The minimum Gasteiger partial charge on any atom is -0.339 e. The molecule has 3 aromatic rings. The molecule has 5 rings (SSSR count). The highest BCUT2D eigenvalue weighted by atomic mass is 32.1. The van der Waals surface area contributed by atoms with Crippen molar-refractivity contribution in [3.8, 4) is 11.1 Å². The second kappa shape index (κ2) is 9.45. The highest BCUT2D eigenvalue weighted by molar-refractivity contribution is 7.07. The molecule has 0 radical (unpaired) electrons. The molecule has 1 aromatic heterocycles. The average Bonchev–Trinajstić information content (AvgIpc) is 3.38. The second-order valence-electron chi connectivity index (χ2n) is 9.13. The fourth-order valence-electron chi connectivity index (χ4n) is 4.89. The fraction of sp³-hybridized carbons (Fsp3) is 0.346. The molecule has 0 saturated carbocycles. The van der Waals surface area contributed by atoms with Crippen LogP contribution in [0, 0.1) is 11.8 Å². The number of halogens is 3. The lowest BCUT2D eigenvalue weighted by Gasteiger charge is -2.45. The number of hydrogen-bond acceptors (Lipinski definition) is 4. The number of alkyl halides is 3. The first-order valence-electron chi connectivity index (χ1n) is 11.5. The number of amides is 2. The molecule has 0 N–H and O–H groups in total. The second-order valence-corrected chi connectivity index (χ2v) is 9.85. The SMILES string of the molecule is O=C(c1ccc(-c2cccc(C(F)(F)F)c2)cc1)N1CCC(C2CN(C(=O)c3cscn3)C2)CC1. The Hall–Kier alpha value is -3.20. The molecule has 2 aromatic carbocycles. The van der Waals surface area contributed by atoms with Crippen LogP contribution in [0.1, 0.15) is 39.3 Å². The Morgan fingerprint density at radius 1 is 0.886 bits per heavy atom. The minimum absolute atomic E-state index is 0.0105. The molecule has 0 bridgehead atoms. The molecule has 0 atom stereocenters. The van der Waals surface area contributed by atoms with Gasteiger partial charge in [0.1, 0.15) is 5.69 Å². The summed E-state index contributed by atoms with van der Waals surface area (Å²) in [4.78, 5) is 33.1. The van der Waals surface area contributed by atoms with E-state index in [1.807, 2.05) is 9.80 Å². The number of nitrogens with zero attached hydrogens (tertiary/aromatic N) is 3. The molecule has 9 heteroatoms. The quantitative estimate of drug-likeness (QED) is 0.480. The first kappa shape index (κ1) is 23.5. The molecule has 2 saturated heterocycles. The maximum absolute atomic E-state index is 13.0. The molecule has 3 heterocycles. The smallest absolute Gasteiger partial charge is 0.339 e. The van der Waals surface area contributed by atoms with Crippen LogP contribution in [0.15, 0.2) is 59.4 Å². The molecule has 182 valence electrons. The molecule has 2 aliphatic rings. The molecule has 0 aliphatic carbocycles. The zero-order chi connectivity index (χ0) is 24.6. The Kier molecular flexibility index (Phi) is 6.35. The minimum atomic E-state index is -4.40. The van der Waals surface area contributed by atoms with Gasteiger partial charge < -0.3 is 9.80 Å². The van der Waals surface area contributed by atoms with Crippen molar-refractivity contribution in [2.45, 2.75) is 19.0 Å². The summed E-state index contributed by atoms with van der Waals surface area (Å²) in [7, 11) is 0. The number of likely N-dealkylation sites (tertiary alicyclic amines) is 2. The average molecular weight is 500 g/mol. The zero-order valence-corrected chi connectivity index (χ0v) is 19.7. The third-order valence-corrected chi connectivity index (χ3v) is 7.58. The van der Waals surface area contributed by atoms with Gasteiger partial charge in [0.15, 0.2) is 0 Å². The number of carbonyl (C=O) groups is 2. The summed E-state index contributed by atoms with van der Waals surface area (Å²) in [5, 5.41) is 1.77. The highest BCUT2D eigenvalue weighted by Crippen LogP contribution is 2.34. The summed E-state index contributed by atoms with van der Waals surface area (Å²) in [6.07, 6.45) is -2.60. The summed E-state index contributed by atoms with van der Waals surface area (Å²) in [5.41, 5.74) is 3.10. The number of aromatic nitrogens is 1. The topological polar surface area (TPSA) is 53.5 Å². The molecular weight excluding hydrogens is 475 g/mol. The van der Waals surface area contributed by atoms with Crippen LogP contribution in [0.4, 0.5) is 13.2 Å². The summed E-state index contributed by atoms with van der Waals surface area (Å²) >= 11 is 1.41. The van der Waals surface area contributed by atoms with Crippen LogP contribution in [0.2, 0.25) is 0 Å². The maximum Gasteiger partial charge on any atom is 0.416 e. The van der Waals surface area contributed by atoms with Gasteiger partial charge in [-0.05, 0) is 60.1 Å². The zero-order valence-electron chi connectivity index (χ0n) is 18.9. The van der Waals surface area contributed by atoms with Gasteiger partial charge in [-0.25, -0.2) is 4.98 Å². The van der Waals surface area contributed by atoms with Crippen molar-refractivity contribution in [2.75, 3.05) is 26.2 Å². The van der Waals surface area contributed by atoms with E-state index in [4.69, 9.17) is 0 Å². The summed E-state index contributed by atoms with van der Waals surface area (Å²) in [6.45, 7) is 2.81. The maximum atomic E-state index is 13.0. The number of hydrogen-bond donors (Lipinski definition) is 0. The lowest BCUT2D eigenvalue weighted by atomic mass is 9.79. The third kappa shape index (κ3) is 4.96. The van der Waals surface area contributed by atoms with Gasteiger partial charge in [-0.2, -0.15) is 13.2 Å². The van der Waals surface area contributed by atoms with Crippen LogP contribution < -0.4 is 0 Å². The monoisotopic (exact) mass is 499 g/mol. The van der Waals surface area contributed by atoms with Crippen LogP contribution in [-0.4, -0.2) is 52.8 Å². The van der Waals surface area contributed by atoms with Crippen molar-refractivity contribution in [1.29, 1.82) is 0 Å². The Balaban J connectivity index is 1.14. The van der Waals surface area contributed by atoms with Gasteiger partial charge in [-0.15, -0.1) is 11.3 Å². The van der Waals surface area contributed by atoms with Gasteiger partial charge in [0.25, 0.3) is 11.8 Å². The molecule has 0 spiro atoms. The van der Waals surface area contributed by atoms with Crippen molar-refractivity contribution in [3.63, 3.8) is 0 Å². The Labute approximate surface area is 205 Å². The van der Waals surface area contributed by atoms with Crippen LogP contribution in [0.5, 0.6) is 0 Å². The van der Waals surface area contributed by atoms with Gasteiger partial charge in [-0.3, -0.25) is 9.59 Å². The molecule has 2 aliphatic heterocycles. The third-order valence-electron chi connectivity index (χ3n) is 7.00. The number of rotatable bonds is 4. The van der Waals surface area contributed by atoms with Crippen molar-refractivity contribution in [1.82, 2.24) is 14.8 Å². The predicted octanol–water partition coefficient (Wildman–Crippen LogP) is 5.45. The van der Waals surface area contributed by atoms with Crippen LogP contribution in [0.3, 0.4) is 0 Å². The lowest BCUT2D eigenvalue weighted by Crippen LogP contribution is -2.54. The van der Waals surface area contributed by atoms with E-state index in [2.05, 4.69) is 4.98 Å². The Morgan fingerprint density at radius 3 is 2.23 bits per heavy atom. The van der Waals surface area contributed by atoms with Gasteiger partial charge in [-0.1, -0.05) is 24.3 Å². The van der Waals surface area contributed by atoms with E-state index in [0.29, 0.717) is 47.3 Å². The van der Waals surface area contributed by atoms with Crippen LogP contribution >= 0.6 is 11.3 Å². The number of thiazole rings is 1. The predicted molar refractivity (Wildman–Crippen MR) is 127 cm³/mol. The van der Waals surface area contributed by atoms with Crippen LogP contribution in [0.25, 0.3) is 11.1 Å². The van der Waals surface area contributed by atoms with Crippen LogP contribution in [-0.2, 0) is 6.18 Å². The van der Waals surface area contributed by atoms with E-state index < -0.39 is 11.7 Å². The first-order valence-corrected chi connectivity index (χ1v) is 12.5. The molecule has 2 amide bonds. The molecule has 35 heavy (non-hydrogen) atoms. The lowest BCUT2D eigenvalue weighted by molar-refractivity contribution is -0.137. The van der Waals surface area contributed by atoms with Crippen molar-refractivity contribution >= 4 is 23.2 Å². The molecule has 5 nitrogen and oxygen atoms in total. The molecular formula is C26H24F3N3O2S. The standard InChI is InChI=1S/C26H24F3N3O2S/c27-26(28,29)22-3-1-2-20(12-22)17-4-6-19(7-5-17)24(33)31-10-8-18(9-11-31)21-13-32(14-21)25(34)23-15-35-16-30-23/h1-7,12,15-16,18,21H,8-11,13-14H2.